The summed E-state index contributed by atoms with van der Waals surface area (Å²) in [4.78, 5) is 11.1. The van der Waals surface area contributed by atoms with Crippen LogP contribution < -0.4 is 0 Å². The highest BCUT2D eigenvalue weighted by atomic mass is 16.4. The fourth-order valence-corrected chi connectivity index (χ4v) is 1.69. The Kier molecular flexibility index (Phi) is 3.35. The van der Waals surface area contributed by atoms with Crippen LogP contribution in [0.15, 0.2) is 24.3 Å². The third kappa shape index (κ3) is 1.96. The van der Waals surface area contributed by atoms with E-state index in [1.807, 2.05) is 0 Å². The lowest BCUT2D eigenvalue weighted by Crippen LogP contribution is -2.11. The topological polar surface area (TPSA) is 108 Å². The molecule has 0 aliphatic rings. The molecule has 2 aromatic rings. The van der Waals surface area contributed by atoms with Crippen molar-refractivity contribution in [2.24, 2.45) is 0 Å². The van der Waals surface area contributed by atoms with Crippen molar-refractivity contribution >= 4 is 5.97 Å². The van der Waals surface area contributed by atoms with Gasteiger partial charge in [-0.2, -0.15) is 0 Å². The molecule has 0 bridgehead atoms. The molecule has 18 heavy (non-hydrogen) atoms. The Bertz CT molecular complexity index is 558. The molecule has 0 amide bonds. The number of rotatable bonds is 4. The monoisotopic (exact) mass is 249 g/mol. The summed E-state index contributed by atoms with van der Waals surface area (Å²) in [6.45, 7) is -0.804. The van der Waals surface area contributed by atoms with E-state index in [1.165, 1.54) is 10.6 Å². The predicted octanol–water partition coefficient (Wildman–Crippen LogP) is -0.0499. The van der Waals surface area contributed by atoms with E-state index in [9.17, 15) is 4.79 Å². The molecular formula is C11H11N3O4. The Morgan fingerprint density at radius 2 is 1.67 bits per heavy atom. The molecule has 1 aromatic heterocycles. The molecule has 0 unspecified atom stereocenters. The maximum absolute atomic E-state index is 11.1. The van der Waals surface area contributed by atoms with Crippen molar-refractivity contribution in [3.63, 3.8) is 0 Å². The molecule has 0 saturated heterocycles. The van der Waals surface area contributed by atoms with Crippen LogP contribution in [-0.4, -0.2) is 36.1 Å². The molecule has 0 fully saturated rings. The summed E-state index contributed by atoms with van der Waals surface area (Å²) < 4.78 is 1.34. The van der Waals surface area contributed by atoms with Crippen molar-refractivity contribution in [1.29, 1.82) is 0 Å². The maximum Gasteiger partial charge on any atom is 0.337 e. The van der Waals surface area contributed by atoms with Gasteiger partial charge in [0.25, 0.3) is 0 Å². The average molecular weight is 249 g/mol. The highest BCUT2D eigenvalue weighted by Crippen LogP contribution is 2.18. The van der Waals surface area contributed by atoms with Crippen LogP contribution in [0.5, 0.6) is 0 Å². The van der Waals surface area contributed by atoms with E-state index >= 15 is 0 Å². The number of benzene rings is 1. The summed E-state index contributed by atoms with van der Waals surface area (Å²) in [5.74, 6) is -0.757. The van der Waals surface area contributed by atoms with Crippen LogP contribution in [0.3, 0.4) is 0 Å². The zero-order valence-electron chi connectivity index (χ0n) is 9.32. The molecule has 2 rings (SSSR count). The molecule has 94 valence electrons. The molecule has 0 radical (unpaired) electrons. The lowest BCUT2D eigenvalue weighted by atomic mass is 10.1. The zero-order valence-corrected chi connectivity index (χ0v) is 9.32. The zero-order chi connectivity index (χ0) is 13.1. The molecule has 7 heteroatoms. The highest BCUT2D eigenvalue weighted by Gasteiger charge is 2.17. The molecule has 0 aliphatic heterocycles. The molecule has 0 atom stereocenters. The number of nitrogens with zero attached hydrogens (tertiary/aromatic N) is 3. The lowest BCUT2D eigenvalue weighted by molar-refractivity contribution is 0.0696. The van der Waals surface area contributed by atoms with Gasteiger partial charge in [0.15, 0.2) is 11.6 Å². The van der Waals surface area contributed by atoms with Crippen molar-refractivity contribution in [3.05, 3.63) is 41.5 Å². The maximum atomic E-state index is 11.1. The van der Waals surface area contributed by atoms with Crippen LogP contribution in [0.1, 0.15) is 22.0 Å². The summed E-state index contributed by atoms with van der Waals surface area (Å²) in [7, 11) is 0. The second-order valence-corrected chi connectivity index (χ2v) is 3.51. The van der Waals surface area contributed by atoms with Crippen LogP contribution in [-0.2, 0) is 13.2 Å². The van der Waals surface area contributed by atoms with Crippen molar-refractivity contribution in [3.8, 4) is 5.69 Å². The normalized spacial score (nSPS) is 10.6. The summed E-state index contributed by atoms with van der Waals surface area (Å²) in [6.07, 6.45) is 0. The minimum atomic E-state index is -1.10. The number of carboxylic acids is 1. The number of hydrogen-bond donors (Lipinski definition) is 3. The second kappa shape index (κ2) is 4.94. The second-order valence-electron chi connectivity index (χ2n) is 3.51. The number of carbonyl (C=O) groups is 1. The lowest BCUT2D eigenvalue weighted by Gasteiger charge is -2.10. The number of aromatic nitrogens is 3. The van der Waals surface area contributed by atoms with Gasteiger partial charge in [-0.05, 0) is 12.1 Å². The Morgan fingerprint density at radius 3 is 2.17 bits per heavy atom. The van der Waals surface area contributed by atoms with E-state index in [2.05, 4.69) is 10.2 Å². The minimum Gasteiger partial charge on any atom is -0.478 e. The first-order valence-electron chi connectivity index (χ1n) is 5.16. The average Bonchev–Trinajstić information content (AvgIpc) is 2.81. The van der Waals surface area contributed by atoms with Crippen LogP contribution in [0, 0.1) is 0 Å². The highest BCUT2D eigenvalue weighted by molar-refractivity contribution is 5.92. The standard InChI is InChI=1S/C11H11N3O4/c15-5-9-12-13-10(6-16)14(9)8-4-2-1-3-7(8)11(17)18/h1-4,15-16H,5-6H2,(H,17,18). The Balaban J connectivity index is 2.68. The van der Waals surface area contributed by atoms with Gasteiger partial charge in [-0.3, -0.25) is 4.57 Å². The van der Waals surface area contributed by atoms with Gasteiger partial charge in [0.2, 0.25) is 0 Å². The molecular weight excluding hydrogens is 238 g/mol. The van der Waals surface area contributed by atoms with Crippen molar-refractivity contribution in [1.82, 2.24) is 14.8 Å². The summed E-state index contributed by atoms with van der Waals surface area (Å²) >= 11 is 0. The van der Waals surface area contributed by atoms with Crippen LogP contribution in [0.25, 0.3) is 5.69 Å². The van der Waals surface area contributed by atoms with E-state index in [4.69, 9.17) is 15.3 Å². The largest absolute Gasteiger partial charge is 0.478 e. The van der Waals surface area contributed by atoms with Gasteiger partial charge < -0.3 is 15.3 Å². The van der Waals surface area contributed by atoms with Gasteiger partial charge in [-0.15, -0.1) is 10.2 Å². The SMILES string of the molecule is O=C(O)c1ccccc1-n1c(CO)nnc1CO. The molecule has 1 heterocycles. The minimum absolute atomic E-state index is 0.0432. The Hall–Kier alpha value is -2.25. The smallest absolute Gasteiger partial charge is 0.337 e. The van der Waals surface area contributed by atoms with E-state index in [1.54, 1.807) is 18.2 Å². The van der Waals surface area contributed by atoms with Crippen molar-refractivity contribution < 1.29 is 20.1 Å². The van der Waals surface area contributed by atoms with E-state index in [0.29, 0.717) is 5.69 Å². The summed E-state index contributed by atoms with van der Waals surface area (Å²) in [5.41, 5.74) is 0.352. The first-order chi connectivity index (χ1) is 8.69. The number of aromatic carboxylic acids is 1. The first kappa shape index (κ1) is 12.2. The molecule has 3 N–H and O–H groups in total. The van der Waals surface area contributed by atoms with Crippen LogP contribution >= 0.6 is 0 Å². The number of aliphatic hydroxyl groups excluding tert-OH is 2. The van der Waals surface area contributed by atoms with Gasteiger partial charge in [0.1, 0.15) is 13.2 Å². The number of para-hydroxylation sites is 1. The quantitative estimate of drug-likeness (QED) is 0.701. The van der Waals surface area contributed by atoms with Gasteiger partial charge in [0.05, 0.1) is 11.3 Å². The fraction of sp³-hybridized carbons (Fsp3) is 0.182. The van der Waals surface area contributed by atoms with Gasteiger partial charge in [-0.25, -0.2) is 4.79 Å². The molecule has 7 nitrogen and oxygen atoms in total. The van der Waals surface area contributed by atoms with Crippen LogP contribution in [0.2, 0.25) is 0 Å². The van der Waals surface area contributed by atoms with Gasteiger partial charge in [0, 0.05) is 0 Å². The fourth-order valence-electron chi connectivity index (χ4n) is 1.69. The van der Waals surface area contributed by atoms with E-state index in [0.717, 1.165) is 0 Å². The third-order valence-corrected chi connectivity index (χ3v) is 2.46. The molecule has 0 saturated carbocycles. The first-order valence-corrected chi connectivity index (χ1v) is 5.16. The van der Waals surface area contributed by atoms with Crippen LogP contribution in [0.4, 0.5) is 0 Å². The van der Waals surface area contributed by atoms with E-state index in [-0.39, 0.29) is 17.2 Å². The van der Waals surface area contributed by atoms with Gasteiger partial charge >= 0.3 is 5.97 Å². The Morgan fingerprint density at radius 1 is 1.11 bits per heavy atom. The molecule has 0 aliphatic carbocycles. The number of aliphatic hydroxyl groups is 2. The van der Waals surface area contributed by atoms with Crippen molar-refractivity contribution in [2.45, 2.75) is 13.2 Å². The molecule has 0 spiro atoms. The van der Waals surface area contributed by atoms with Gasteiger partial charge in [-0.1, -0.05) is 12.1 Å². The number of carboxylic acid groups (broad SMARTS) is 1. The summed E-state index contributed by atoms with van der Waals surface area (Å²) in [5, 5.41) is 34.8. The van der Waals surface area contributed by atoms with E-state index < -0.39 is 19.2 Å². The third-order valence-electron chi connectivity index (χ3n) is 2.46. The Labute approximate surface area is 102 Å². The molecule has 1 aromatic carbocycles. The summed E-state index contributed by atoms with van der Waals surface area (Å²) in [6, 6.07) is 6.24. The predicted molar refractivity (Wildman–Crippen MR) is 60.2 cm³/mol. The number of hydrogen-bond acceptors (Lipinski definition) is 5. The van der Waals surface area contributed by atoms with Crippen molar-refractivity contribution in [2.75, 3.05) is 0 Å².